The van der Waals surface area contributed by atoms with E-state index < -0.39 is 0 Å². The lowest BCUT2D eigenvalue weighted by atomic mass is 10.3. The average Bonchev–Trinajstić information content (AvgIpc) is 3.00. The largest absolute Gasteiger partial charge is 0.459 e. The number of anilines is 1. The van der Waals surface area contributed by atoms with E-state index in [-0.39, 0.29) is 30.5 Å². The Morgan fingerprint density at radius 1 is 1.44 bits per heavy atom. The van der Waals surface area contributed by atoms with Crippen molar-refractivity contribution in [3.8, 4) is 0 Å². The minimum absolute atomic E-state index is 0.178. The summed E-state index contributed by atoms with van der Waals surface area (Å²) in [4.78, 5) is 22.9. The van der Waals surface area contributed by atoms with Gasteiger partial charge in [0.15, 0.2) is 5.76 Å². The van der Waals surface area contributed by atoms with Gasteiger partial charge in [-0.1, -0.05) is 0 Å². The van der Waals surface area contributed by atoms with Crippen LogP contribution in [0, 0.1) is 0 Å². The number of hydrogen-bond acceptors (Lipinski definition) is 4. The number of aromatic nitrogens is 2. The van der Waals surface area contributed by atoms with Gasteiger partial charge in [0, 0.05) is 19.2 Å². The topological polar surface area (TPSA) is 100 Å². The molecule has 7 nitrogen and oxygen atoms in total. The first-order valence-corrected chi connectivity index (χ1v) is 5.36. The molecule has 0 bridgehead atoms. The van der Waals surface area contributed by atoms with Crippen molar-refractivity contribution in [1.82, 2.24) is 15.5 Å². The predicted molar refractivity (Wildman–Crippen MR) is 62.9 cm³/mol. The Balaban J connectivity index is 1.69. The maximum absolute atomic E-state index is 11.5. The van der Waals surface area contributed by atoms with Gasteiger partial charge in [-0.3, -0.25) is 14.7 Å². The Morgan fingerprint density at radius 3 is 3.00 bits per heavy atom. The molecule has 18 heavy (non-hydrogen) atoms. The normalized spacial score (nSPS) is 10.0. The quantitative estimate of drug-likeness (QED) is 0.727. The van der Waals surface area contributed by atoms with Gasteiger partial charge in [-0.05, 0) is 12.1 Å². The molecule has 0 atom stereocenters. The first-order chi connectivity index (χ1) is 8.75. The summed E-state index contributed by atoms with van der Waals surface area (Å²) in [6, 6.07) is 3.18. The lowest BCUT2D eigenvalue weighted by Crippen LogP contribution is -2.27. The van der Waals surface area contributed by atoms with Gasteiger partial charge in [-0.25, -0.2) is 0 Å². The molecular weight excluding hydrogens is 236 g/mol. The minimum atomic E-state index is -0.337. The van der Waals surface area contributed by atoms with Crippen molar-refractivity contribution >= 4 is 17.5 Å². The SMILES string of the molecule is O=C(CCNC(=O)c1ccco1)Nc1cn[nH]c1. The van der Waals surface area contributed by atoms with Crippen molar-refractivity contribution in [2.45, 2.75) is 6.42 Å². The molecule has 0 aromatic carbocycles. The highest BCUT2D eigenvalue weighted by Gasteiger charge is 2.08. The van der Waals surface area contributed by atoms with Crippen molar-refractivity contribution < 1.29 is 14.0 Å². The van der Waals surface area contributed by atoms with E-state index in [0.29, 0.717) is 5.69 Å². The molecule has 0 aliphatic heterocycles. The Morgan fingerprint density at radius 2 is 2.33 bits per heavy atom. The van der Waals surface area contributed by atoms with Crippen molar-refractivity contribution in [3.63, 3.8) is 0 Å². The van der Waals surface area contributed by atoms with E-state index in [4.69, 9.17) is 4.42 Å². The Kier molecular flexibility index (Phi) is 3.75. The van der Waals surface area contributed by atoms with Crippen LogP contribution in [0.15, 0.2) is 35.2 Å². The Labute approximate surface area is 103 Å². The lowest BCUT2D eigenvalue weighted by Gasteiger charge is -2.03. The zero-order valence-electron chi connectivity index (χ0n) is 9.47. The molecule has 2 amide bonds. The van der Waals surface area contributed by atoms with Gasteiger partial charge >= 0.3 is 0 Å². The standard InChI is InChI=1S/C11H12N4O3/c16-10(15-8-6-13-14-7-8)3-4-12-11(17)9-2-1-5-18-9/h1-2,5-7H,3-4H2,(H,12,17)(H,13,14)(H,15,16). The number of hydrogen-bond donors (Lipinski definition) is 3. The van der Waals surface area contributed by atoms with Gasteiger partial charge in [0.2, 0.25) is 5.91 Å². The first kappa shape index (κ1) is 11.9. The fraction of sp³-hybridized carbons (Fsp3) is 0.182. The molecule has 7 heteroatoms. The van der Waals surface area contributed by atoms with E-state index in [0.717, 1.165) is 0 Å². The van der Waals surface area contributed by atoms with Crippen molar-refractivity contribution in [1.29, 1.82) is 0 Å². The average molecular weight is 248 g/mol. The van der Waals surface area contributed by atoms with Crippen LogP contribution in [0.4, 0.5) is 5.69 Å². The van der Waals surface area contributed by atoms with E-state index in [1.54, 1.807) is 18.3 Å². The number of furan rings is 1. The van der Waals surface area contributed by atoms with Crippen LogP contribution in [-0.2, 0) is 4.79 Å². The molecule has 0 radical (unpaired) electrons. The van der Waals surface area contributed by atoms with E-state index >= 15 is 0 Å². The van der Waals surface area contributed by atoms with E-state index in [1.807, 2.05) is 0 Å². The Bertz CT molecular complexity index is 504. The van der Waals surface area contributed by atoms with Crippen LogP contribution in [-0.4, -0.2) is 28.6 Å². The predicted octanol–water partition coefficient (Wildman–Crippen LogP) is 0.761. The van der Waals surface area contributed by atoms with E-state index in [2.05, 4.69) is 20.8 Å². The molecule has 0 fully saturated rings. The maximum atomic E-state index is 11.5. The summed E-state index contributed by atoms with van der Waals surface area (Å²) >= 11 is 0. The molecule has 0 unspecified atom stereocenters. The number of aromatic amines is 1. The second-order valence-corrected chi connectivity index (χ2v) is 3.52. The summed E-state index contributed by atoms with van der Waals surface area (Å²) in [5.74, 6) is -0.308. The molecular formula is C11H12N4O3. The fourth-order valence-corrected chi connectivity index (χ4v) is 1.33. The van der Waals surface area contributed by atoms with Crippen LogP contribution in [0.5, 0.6) is 0 Å². The first-order valence-electron chi connectivity index (χ1n) is 5.36. The van der Waals surface area contributed by atoms with Crippen LogP contribution < -0.4 is 10.6 Å². The summed E-state index contributed by atoms with van der Waals surface area (Å²) in [5.41, 5.74) is 0.595. The van der Waals surface area contributed by atoms with Crippen LogP contribution in [0.3, 0.4) is 0 Å². The number of amides is 2. The molecule has 0 aliphatic carbocycles. The number of rotatable bonds is 5. The van der Waals surface area contributed by atoms with Crippen LogP contribution >= 0.6 is 0 Å². The molecule has 3 N–H and O–H groups in total. The fourth-order valence-electron chi connectivity index (χ4n) is 1.33. The monoisotopic (exact) mass is 248 g/mol. The van der Waals surface area contributed by atoms with Crippen molar-refractivity contribution in [2.24, 2.45) is 0 Å². The lowest BCUT2D eigenvalue weighted by molar-refractivity contribution is -0.116. The van der Waals surface area contributed by atoms with Crippen LogP contribution in [0.1, 0.15) is 17.0 Å². The zero-order valence-corrected chi connectivity index (χ0v) is 9.47. The molecule has 2 rings (SSSR count). The maximum Gasteiger partial charge on any atom is 0.286 e. The summed E-state index contributed by atoms with van der Waals surface area (Å²) < 4.78 is 4.91. The van der Waals surface area contributed by atoms with Crippen LogP contribution in [0.2, 0.25) is 0 Å². The number of nitrogens with one attached hydrogen (secondary N) is 3. The highest BCUT2D eigenvalue weighted by atomic mass is 16.3. The summed E-state index contributed by atoms with van der Waals surface area (Å²) in [6.07, 6.45) is 4.66. The van der Waals surface area contributed by atoms with Gasteiger partial charge in [-0.2, -0.15) is 5.10 Å². The highest BCUT2D eigenvalue weighted by Crippen LogP contribution is 2.02. The number of nitrogens with zero attached hydrogens (tertiary/aromatic N) is 1. The molecule has 94 valence electrons. The summed E-state index contributed by atoms with van der Waals surface area (Å²) in [7, 11) is 0. The second kappa shape index (κ2) is 5.67. The number of carbonyl (C=O) groups excluding carboxylic acids is 2. The number of H-pyrrole nitrogens is 1. The smallest absolute Gasteiger partial charge is 0.286 e. The molecule has 0 spiro atoms. The second-order valence-electron chi connectivity index (χ2n) is 3.52. The van der Waals surface area contributed by atoms with Gasteiger partial charge in [0.1, 0.15) is 0 Å². The number of carbonyl (C=O) groups is 2. The molecule has 2 heterocycles. The third kappa shape index (κ3) is 3.21. The Hall–Kier alpha value is -2.57. The van der Waals surface area contributed by atoms with Crippen LogP contribution in [0.25, 0.3) is 0 Å². The summed E-state index contributed by atoms with van der Waals surface area (Å²) in [6.45, 7) is 0.239. The van der Waals surface area contributed by atoms with Gasteiger partial charge < -0.3 is 15.1 Å². The zero-order chi connectivity index (χ0) is 12.8. The third-order valence-corrected chi connectivity index (χ3v) is 2.16. The van der Waals surface area contributed by atoms with E-state index in [9.17, 15) is 9.59 Å². The van der Waals surface area contributed by atoms with Gasteiger partial charge in [0.25, 0.3) is 5.91 Å². The van der Waals surface area contributed by atoms with Gasteiger partial charge in [0.05, 0.1) is 18.1 Å². The summed E-state index contributed by atoms with van der Waals surface area (Å²) in [5, 5.41) is 11.5. The molecule has 2 aromatic rings. The minimum Gasteiger partial charge on any atom is -0.459 e. The van der Waals surface area contributed by atoms with Crippen molar-refractivity contribution in [2.75, 3.05) is 11.9 Å². The molecule has 0 saturated carbocycles. The molecule has 2 aromatic heterocycles. The highest BCUT2D eigenvalue weighted by molar-refractivity contribution is 5.93. The van der Waals surface area contributed by atoms with Crippen molar-refractivity contribution in [3.05, 3.63) is 36.5 Å². The van der Waals surface area contributed by atoms with Gasteiger partial charge in [-0.15, -0.1) is 0 Å². The molecule has 0 aliphatic rings. The van der Waals surface area contributed by atoms with E-state index in [1.165, 1.54) is 12.5 Å². The third-order valence-electron chi connectivity index (χ3n) is 2.16. The molecule has 0 saturated heterocycles.